The Morgan fingerprint density at radius 1 is 1.19 bits per heavy atom. The van der Waals surface area contributed by atoms with E-state index in [0.29, 0.717) is 14.8 Å². The summed E-state index contributed by atoms with van der Waals surface area (Å²) in [7, 11) is 0. The van der Waals surface area contributed by atoms with Crippen molar-refractivity contribution >= 4 is 29.2 Å². The molecule has 0 radical (unpaired) electrons. The number of aromatic amines is 1. The van der Waals surface area contributed by atoms with E-state index in [4.69, 9.17) is 38.4 Å². The van der Waals surface area contributed by atoms with Crippen LogP contribution in [0.3, 0.4) is 0 Å². The van der Waals surface area contributed by atoms with Crippen LogP contribution in [0, 0.1) is 11.3 Å². The Morgan fingerprint density at radius 2 is 1.83 bits per heavy atom. The molecule has 2 heterocycles. The van der Waals surface area contributed by atoms with Crippen molar-refractivity contribution < 1.29 is 14.3 Å². The number of nitrogens with two attached hydrogens (primary N) is 1. The van der Waals surface area contributed by atoms with E-state index in [1.54, 1.807) is 6.07 Å². The normalized spacial score (nSPS) is 11.7. The van der Waals surface area contributed by atoms with Crippen molar-refractivity contribution in [2.75, 3.05) is 0 Å². The molecule has 0 amide bonds. The van der Waals surface area contributed by atoms with Crippen molar-refractivity contribution in [1.29, 1.82) is 5.26 Å². The zero-order valence-corrected chi connectivity index (χ0v) is 20.6. The van der Waals surface area contributed by atoms with Crippen molar-refractivity contribution in [1.82, 2.24) is 24.5 Å². The second-order valence-electron chi connectivity index (χ2n) is 7.76. The highest BCUT2D eigenvalue weighted by Crippen LogP contribution is 2.37. The Hall–Kier alpha value is -3.99. The Labute approximate surface area is 212 Å². The van der Waals surface area contributed by atoms with Crippen LogP contribution >= 0.6 is 23.2 Å². The van der Waals surface area contributed by atoms with Crippen molar-refractivity contribution in [3.8, 4) is 23.4 Å². The van der Waals surface area contributed by atoms with Crippen LogP contribution in [0.2, 0.25) is 10.0 Å². The maximum Gasteiger partial charge on any atom is 0.355 e. The van der Waals surface area contributed by atoms with Crippen LogP contribution in [0.4, 0.5) is 0 Å². The summed E-state index contributed by atoms with van der Waals surface area (Å²) in [5.41, 5.74) is 2.68. The summed E-state index contributed by atoms with van der Waals surface area (Å²) in [6.45, 7) is 4.20. The van der Waals surface area contributed by atoms with Crippen LogP contribution < -0.4 is 27.3 Å². The average Bonchev–Trinajstić information content (AvgIpc) is 2.81. The number of carbonyl (C=O) groups is 1. The first-order valence-corrected chi connectivity index (χ1v) is 11.0. The molecule has 0 unspecified atom stereocenters. The Kier molecular flexibility index (Phi) is 7.93. The minimum Gasteiger partial charge on any atom is -0.442 e. The van der Waals surface area contributed by atoms with E-state index in [1.165, 1.54) is 25.1 Å². The van der Waals surface area contributed by atoms with Crippen molar-refractivity contribution in [3.05, 3.63) is 70.7 Å². The van der Waals surface area contributed by atoms with Gasteiger partial charge in [0.1, 0.15) is 12.1 Å². The summed E-state index contributed by atoms with van der Waals surface area (Å²) in [4.78, 5) is 48.9. The molecular formula is C21H19Cl2N7O6. The second-order valence-corrected chi connectivity index (χ2v) is 8.57. The van der Waals surface area contributed by atoms with Gasteiger partial charge < -0.3 is 15.2 Å². The fourth-order valence-corrected chi connectivity index (χ4v) is 3.43. The van der Waals surface area contributed by atoms with Gasteiger partial charge in [0.05, 0.1) is 15.7 Å². The van der Waals surface area contributed by atoms with Gasteiger partial charge in [-0.05, 0) is 25.0 Å². The van der Waals surface area contributed by atoms with Crippen molar-refractivity contribution in [3.63, 3.8) is 0 Å². The molecule has 2 aromatic heterocycles. The number of aromatic nitrogens is 5. The van der Waals surface area contributed by atoms with E-state index in [-0.39, 0.29) is 38.8 Å². The summed E-state index contributed by atoms with van der Waals surface area (Å²) in [5, 5.41) is 19.0. The van der Waals surface area contributed by atoms with Crippen molar-refractivity contribution in [2.45, 2.75) is 39.5 Å². The zero-order chi connectivity index (χ0) is 26.7. The molecule has 0 fully saturated rings. The van der Waals surface area contributed by atoms with Gasteiger partial charge in [0.2, 0.25) is 11.6 Å². The number of nitrogens with zero attached hydrogens (tertiary/aromatic N) is 5. The molecule has 15 heteroatoms. The molecule has 36 heavy (non-hydrogen) atoms. The maximum atomic E-state index is 12.9. The summed E-state index contributed by atoms with van der Waals surface area (Å²) < 4.78 is 11.7. The number of hydrogen-bond acceptors (Lipinski definition) is 10. The van der Waals surface area contributed by atoms with Gasteiger partial charge in [0, 0.05) is 11.6 Å². The first-order valence-electron chi connectivity index (χ1n) is 10.3. The number of hydrogen-bond donors (Lipinski definition) is 2. The molecule has 13 nitrogen and oxygen atoms in total. The molecule has 188 valence electrons. The number of rotatable bonds is 7. The van der Waals surface area contributed by atoms with Gasteiger partial charge in [-0.15, -0.1) is 10.2 Å². The molecule has 0 aliphatic heterocycles. The molecule has 1 aromatic carbocycles. The maximum absolute atomic E-state index is 12.9. The summed E-state index contributed by atoms with van der Waals surface area (Å²) in [5.74, 6) is -1.000. The first-order chi connectivity index (χ1) is 16.9. The lowest BCUT2D eigenvalue weighted by atomic mass is 10.1. The number of benzene rings is 1. The van der Waals surface area contributed by atoms with Crippen LogP contribution in [-0.4, -0.2) is 36.6 Å². The summed E-state index contributed by atoms with van der Waals surface area (Å²) in [6, 6.07) is 4.51. The lowest BCUT2D eigenvalue weighted by Gasteiger charge is -2.14. The minimum atomic E-state index is -1.07. The third-order valence-electron chi connectivity index (χ3n) is 4.74. The molecule has 3 rings (SSSR count). The number of carbonyl (C=O) groups excluding carboxylic acids is 1. The number of ether oxygens (including phenoxy) is 2. The topological polar surface area (TPSA) is 188 Å². The van der Waals surface area contributed by atoms with Gasteiger partial charge in [-0.25, -0.2) is 14.5 Å². The third kappa shape index (κ3) is 5.46. The van der Waals surface area contributed by atoms with Crippen LogP contribution in [-0.2, 0) is 16.3 Å². The van der Waals surface area contributed by atoms with Crippen molar-refractivity contribution in [2.24, 2.45) is 5.73 Å². The van der Waals surface area contributed by atoms with E-state index < -0.39 is 35.7 Å². The molecule has 0 aliphatic rings. The van der Waals surface area contributed by atoms with Gasteiger partial charge in [0.15, 0.2) is 12.5 Å². The predicted octanol–water partition coefficient (Wildman–Crippen LogP) is 1.42. The quantitative estimate of drug-likeness (QED) is 0.418. The number of esters is 1. The predicted molar refractivity (Wildman–Crippen MR) is 128 cm³/mol. The Morgan fingerprint density at radius 3 is 2.39 bits per heavy atom. The lowest BCUT2D eigenvalue weighted by Crippen LogP contribution is -2.44. The fraction of sp³-hybridized carbons (Fsp3) is 0.286. The van der Waals surface area contributed by atoms with E-state index >= 15 is 0 Å². The third-order valence-corrected chi connectivity index (χ3v) is 5.30. The standard InChI is InChI=1S/C21H19Cl2N7O6/c1-9(2)12-6-16(26-27-18(12)31)36-17-13(22)4-11(5-14(17)23)30-21(34)29(8-35-20(33)10(3)25)19(32)15(7-24)28-30/h4-6,9-10H,8,25H2,1-3H3,(H,27,31)/t10-/m0/s1. The molecule has 3 aromatic rings. The van der Waals surface area contributed by atoms with Crippen LogP contribution in [0.1, 0.15) is 37.9 Å². The SMILES string of the molecule is CC(C)c1cc(Oc2c(Cl)cc(-n3nc(C#N)c(=O)n(COC(=O)[C@H](C)N)c3=O)cc2Cl)n[nH]c1=O. The molecular weight excluding hydrogens is 517 g/mol. The highest BCUT2D eigenvalue weighted by atomic mass is 35.5. The van der Waals surface area contributed by atoms with Crippen LogP contribution in [0.25, 0.3) is 5.69 Å². The number of halogens is 2. The van der Waals surface area contributed by atoms with Gasteiger partial charge in [0.25, 0.3) is 11.1 Å². The fourth-order valence-electron chi connectivity index (χ4n) is 2.88. The highest BCUT2D eigenvalue weighted by molar-refractivity contribution is 6.37. The first kappa shape index (κ1) is 26.6. The van der Waals surface area contributed by atoms with E-state index in [1.807, 2.05) is 13.8 Å². The largest absolute Gasteiger partial charge is 0.442 e. The zero-order valence-electron chi connectivity index (χ0n) is 19.1. The number of nitriles is 1. The molecule has 0 bridgehead atoms. The molecule has 1 atom stereocenters. The highest BCUT2D eigenvalue weighted by Gasteiger charge is 2.20. The molecule has 0 spiro atoms. The van der Waals surface area contributed by atoms with E-state index in [0.717, 1.165) is 0 Å². The minimum absolute atomic E-state index is 0.0152. The van der Waals surface area contributed by atoms with E-state index in [2.05, 4.69) is 15.3 Å². The lowest BCUT2D eigenvalue weighted by molar-refractivity contribution is -0.148. The monoisotopic (exact) mass is 535 g/mol. The molecule has 3 N–H and O–H groups in total. The average molecular weight is 536 g/mol. The Balaban J connectivity index is 2.05. The second kappa shape index (κ2) is 10.7. The number of H-pyrrole nitrogens is 1. The summed E-state index contributed by atoms with van der Waals surface area (Å²) >= 11 is 12.7. The van der Waals surface area contributed by atoms with E-state index in [9.17, 15) is 24.4 Å². The van der Waals surface area contributed by atoms with Gasteiger partial charge in [-0.1, -0.05) is 37.0 Å². The Bertz CT molecular complexity index is 1530. The smallest absolute Gasteiger partial charge is 0.355 e. The van der Waals surface area contributed by atoms with Gasteiger partial charge >= 0.3 is 11.7 Å². The van der Waals surface area contributed by atoms with Gasteiger partial charge in [-0.2, -0.15) is 9.94 Å². The van der Waals surface area contributed by atoms with Crippen LogP contribution in [0.5, 0.6) is 11.6 Å². The molecule has 0 saturated carbocycles. The molecule has 0 aliphatic carbocycles. The number of nitrogens with one attached hydrogen (secondary N) is 1. The summed E-state index contributed by atoms with van der Waals surface area (Å²) in [6.07, 6.45) is 0. The van der Waals surface area contributed by atoms with Gasteiger partial charge in [-0.3, -0.25) is 14.4 Å². The van der Waals surface area contributed by atoms with Crippen LogP contribution in [0.15, 0.2) is 32.6 Å². The molecule has 0 saturated heterocycles.